The molecule has 1 saturated heterocycles. The van der Waals surface area contributed by atoms with Gasteiger partial charge in [0.1, 0.15) is 6.04 Å². The number of pyridine rings is 1. The second-order valence-electron chi connectivity index (χ2n) is 9.29. The van der Waals surface area contributed by atoms with Gasteiger partial charge in [-0.05, 0) is 29.8 Å². The van der Waals surface area contributed by atoms with Crippen LogP contribution in [0.1, 0.15) is 33.1 Å². The summed E-state index contributed by atoms with van der Waals surface area (Å²) in [6.45, 7) is 2.25. The molecule has 2 N–H and O–H groups in total. The number of aliphatic imine (C=N–C) groups is 1. The fraction of sp³-hybridized carbons (Fsp3) is 0.296. The molecule has 11 heteroatoms. The molecule has 2 aliphatic rings. The molecule has 2 aliphatic heterocycles. The first-order valence-corrected chi connectivity index (χ1v) is 12.1. The number of halogens is 4. The van der Waals surface area contributed by atoms with Crippen LogP contribution in [-0.2, 0) is 11.9 Å². The van der Waals surface area contributed by atoms with Gasteiger partial charge in [-0.15, -0.1) is 0 Å². The predicted octanol–water partition coefficient (Wildman–Crippen LogP) is 3.59. The lowest BCUT2D eigenvalue weighted by atomic mass is 9.90. The van der Waals surface area contributed by atoms with Crippen molar-refractivity contribution in [1.82, 2.24) is 20.1 Å². The zero-order chi connectivity index (χ0) is 26.9. The zero-order valence-corrected chi connectivity index (χ0v) is 20.2. The van der Waals surface area contributed by atoms with Crippen LogP contribution in [0.4, 0.5) is 17.6 Å². The monoisotopic (exact) mass is 527 g/mol. The molecule has 2 unspecified atom stereocenters. The SMILES string of the molecule is O=C(CN1CCN(C2=NC(c3ccnc(F)c3)C(O)(c3cccc(C(F)(F)F)c3)N2)CC1)c1ccccc1. The van der Waals surface area contributed by atoms with Crippen molar-refractivity contribution in [2.24, 2.45) is 4.99 Å². The molecule has 0 amide bonds. The van der Waals surface area contributed by atoms with Gasteiger partial charge in [-0.2, -0.15) is 17.6 Å². The molecule has 7 nitrogen and oxygen atoms in total. The highest BCUT2D eigenvalue weighted by Crippen LogP contribution is 2.42. The van der Waals surface area contributed by atoms with Crippen LogP contribution >= 0.6 is 0 Å². The number of ketones is 1. The Morgan fingerprint density at radius 1 is 1.03 bits per heavy atom. The molecule has 1 fully saturated rings. The lowest BCUT2D eigenvalue weighted by Crippen LogP contribution is -2.55. The Hall–Kier alpha value is -3.83. The maximum absolute atomic E-state index is 14.0. The average Bonchev–Trinajstić information content (AvgIpc) is 3.28. The molecule has 3 heterocycles. The quantitative estimate of drug-likeness (QED) is 0.300. The molecule has 2 atom stereocenters. The molecular formula is C27H25F4N5O2. The fourth-order valence-electron chi connectivity index (χ4n) is 4.75. The van der Waals surface area contributed by atoms with Crippen LogP contribution in [0.25, 0.3) is 0 Å². The lowest BCUT2D eigenvalue weighted by molar-refractivity contribution is -0.137. The van der Waals surface area contributed by atoms with E-state index in [9.17, 15) is 27.5 Å². The highest BCUT2D eigenvalue weighted by atomic mass is 19.4. The van der Waals surface area contributed by atoms with Crippen molar-refractivity contribution in [3.8, 4) is 0 Å². The molecule has 0 aliphatic carbocycles. The summed E-state index contributed by atoms with van der Waals surface area (Å²) < 4.78 is 54.3. The molecule has 0 radical (unpaired) electrons. The maximum atomic E-state index is 14.0. The van der Waals surface area contributed by atoms with Gasteiger partial charge in [0.05, 0.1) is 12.1 Å². The molecule has 198 valence electrons. The molecule has 1 aromatic heterocycles. The Morgan fingerprint density at radius 3 is 2.45 bits per heavy atom. The smallest absolute Gasteiger partial charge is 0.365 e. The Bertz CT molecular complexity index is 1340. The van der Waals surface area contributed by atoms with Gasteiger partial charge < -0.3 is 15.3 Å². The number of carbonyl (C=O) groups excluding carboxylic acids is 1. The van der Waals surface area contributed by atoms with Crippen LogP contribution < -0.4 is 5.32 Å². The first-order chi connectivity index (χ1) is 18.1. The first-order valence-electron chi connectivity index (χ1n) is 12.1. The van der Waals surface area contributed by atoms with Gasteiger partial charge in [-0.25, -0.2) is 9.98 Å². The number of nitrogens with one attached hydrogen (secondary N) is 1. The van der Waals surface area contributed by atoms with Gasteiger partial charge >= 0.3 is 6.18 Å². The molecular weight excluding hydrogens is 502 g/mol. The Morgan fingerprint density at radius 2 is 1.76 bits per heavy atom. The minimum Gasteiger partial charge on any atom is -0.365 e. The van der Waals surface area contributed by atoms with Crippen molar-refractivity contribution in [1.29, 1.82) is 0 Å². The van der Waals surface area contributed by atoms with Gasteiger partial charge in [0.25, 0.3) is 0 Å². The van der Waals surface area contributed by atoms with Crippen molar-refractivity contribution in [3.63, 3.8) is 0 Å². The van der Waals surface area contributed by atoms with Crippen LogP contribution in [0.2, 0.25) is 0 Å². The summed E-state index contributed by atoms with van der Waals surface area (Å²) in [5, 5.41) is 14.7. The van der Waals surface area contributed by atoms with E-state index >= 15 is 0 Å². The summed E-state index contributed by atoms with van der Waals surface area (Å²) in [5.41, 5.74) is -2.15. The van der Waals surface area contributed by atoms with E-state index in [-0.39, 0.29) is 29.4 Å². The van der Waals surface area contributed by atoms with Crippen LogP contribution in [0.15, 0.2) is 77.9 Å². The zero-order valence-electron chi connectivity index (χ0n) is 20.2. The van der Waals surface area contributed by atoms with E-state index in [1.54, 1.807) is 12.1 Å². The van der Waals surface area contributed by atoms with E-state index in [1.165, 1.54) is 24.4 Å². The van der Waals surface area contributed by atoms with Crippen LogP contribution in [-0.4, -0.2) is 64.4 Å². The number of guanidine groups is 1. The minimum absolute atomic E-state index is 0.00841. The maximum Gasteiger partial charge on any atom is 0.416 e. The first kappa shape index (κ1) is 25.8. The molecule has 0 saturated carbocycles. The Labute approximate surface area is 216 Å². The van der Waals surface area contributed by atoms with Gasteiger partial charge in [-0.3, -0.25) is 9.69 Å². The standard InChI is InChI=1S/C27H25F4N5O2/c28-23-15-19(9-10-32-23)24-26(38,20-7-4-8-21(16-20)27(29,30)31)34-25(33-24)36-13-11-35(12-14-36)17-22(37)18-5-2-1-3-6-18/h1-10,15-16,24,38H,11-14,17H2,(H,33,34). The number of Topliss-reactive ketones (excluding diaryl/α,β-unsaturated/α-hetero) is 1. The largest absolute Gasteiger partial charge is 0.416 e. The van der Waals surface area contributed by atoms with E-state index in [2.05, 4.69) is 15.3 Å². The van der Waals surface area contributed by atoms with E-state index in [4.69, 9.17) is 0 Å². The van der Waals surface area contributed by atoms with Gasteiger partial charge in [0, 0.05) is 43.5 Å². The van der Waals surface area contributed by atoms with Crippen molar-refractivity contribution < 1.29 is 27.5 Å². The summed E-state index contributed by atoms with van der Waals surface area (Å²) in [5.74, 6) is -0.510. The number of piperazine rings is 1. The third-order valence-electron chi connectivity index (χ3n) is 6.78. The lowest BCUT2D eigenvalue weighted by Gasteiger charge is -2.36. The number of hydrogen-bond acceptors (Lipinski definition) is 7. The number of carbonyl (C=O) groups is 1. The van der Waals surface area contributed by atoms with Crippen LogP contribution in [0, 0.1) is 5.95 Å². The van der Waals surface area contributed by atoms with Gasteiger partial charge in [-0.1, -0.05) is 42.5 Å². The van der Waals surface area contributed by atoms with E-state index in [0.717, 1.165) is 18.2 Å². The average molecular weight is 528 g/mol. The van der Waals surface area contributed by atoms with E-state index < -0.39 is 29.5 Å². The van der Waals surface area contributed by atoms with E-state index in [0.29, 0.717) is 31.7 Å². The molecule has 38 heavy (non-hydrogen) atoms. The summed E-state index contributed by atoms with van der Waals surface area (Å²) >= 11 is 0. The highest BCUT2D eigenvalue weighted by molar-refractivity contribution is 5.97. The van der Waals surface area contributed by atoms with Crippen molar-refractivity contribution in [2.75, 3.05) is 32.7 Å². The second kappa shape index (κ2) is 10.1. The Balaban J connectivity index is 1.37. The normalized spacial score (nSPS) is 22.2. The fourth-order valence-corrected chi connectivity index (χ4v) is 4.75. The van der Waals surface area contributed by atoms with Crippen molar-refractivity contribution >= 4 is 11.7 Å². The predicted molar refractivity (Wildman–Crippen MR) is 132 cm³/mol. The van der Waals surface area contributed by atoms with Gasteiger partial charge in [0.2, 0.25) is 5.95 Å². The summed E-state index contributed by atoms with van der Waals surface area (Å²) in [6.07, 6.45) is -3.40. The van der Waals surface area contributed by atoms with Crippen LogP contribution in [0.5, 0.6) is 0 Å². The molecule has 3 aromatic rings. The number of rotatable bonds is 5. The minimum atomic E-state index is -4.61. The topological polar surface area (TPSA) is 81.1 Å². The van der Waals surface area contributed by atoms with Crippen molar-refractivity contribution in [2.45, 2.75) is 17.9 Å². The molecule has 0 bridgehead atoms. The van der Waals surface area contributed by atoms with Gasteiger partial charge in [0.15, 0.2) is 17.5 Å². The Kier molecular flexibility index (Phi) is 6.89. The number of hydrogen-bond donors (Lipinski definition) is 2. The molecule has 0 spiro atoms. The number of aliphatic hydroxyl groups is 1. The van der Waals surface area contributed by atoms with Crippen LogP contribution in [0.3, 0.4) is 0 Å². The third kappa shape index (κ3) is 5.25. The number of aromatic nitrogens is 1. The summed E-state index contributed by atoms with van der Waals surface area (Å²) in [4.78, 5) is 24.6. The second-order valence-corrected chi connectivity index (χ2v) is 9.29. The van der Waals surface area contributed by atoms with Crippen molar-refractivity contribution in [3.05, 3.63) is 101 Å². The highest BCUT2D eigenvalue weighted by Gasteiger charge is 2.47. The molecule has 2 aromatic carbocycles. The third-order valence-corrected chi connectivity index (χ3v) is 6.78. The number of benzene rings is 2. The molecule has 5 rings (SSSR count). The van der Waals surface area contributed by atoms with E-state index in [1.807, 2.05) is 28.0 Å². The number of alkyl halides is 3. The number of nitrogens with zero attached hydrogens (tertiary/aromatic N) is 4. The summed E-state index contributed by atoms with van der Waals surface area (Å²) in [7, 11) is 0. The summed E-state index contributed by atoms with van der Waals surface area (Å²) in [6, 6.07) is 14.8.